The number of carbonyl (C=O) groups excluding carboxylic acids is 1. The van der Waals surface area contributed by atoms with E-state index in [0.717, 1.165) is 63.8 Å². The van der Waals surface area contributed by atoms with Crippen LogP contribution in [-0.4, -0.2) is 25.1 Å². The zero-order chi connectivity index (χ0) is 28.9. The minimum absolute atomic E-state index is 0.0722. The van der Waals surface area contributed by atoms with Gasteiger partial charge in [-0.3, -0.25) is 4.79 Å². The lowest BCUT2D eigenvalue weighted by Crippen LogP contribution is -2.26. The van der Waals surface area contributed by atoms with Crippen LogP contribution >= 0.6 is 0 Å². The van der Waals surface area contributed by atoms with E-state index in [2.05, 4.69) is 45.6 Å². The van der Waals surface area contributed by atoms with Gasteiger partial charge in [0.15, 0.2) is 5.78 Å². The quantitative estimate of drug-likeness (QED) is 0.242. The Morgan fingerprint density at radius 1 is 1.10 bits per heavy atom. The van der Waals surface area contributed by atoms with Gasteiger partial charge in [0.2, 0.25) is 0 Å². The Labute approximate surface area is 235 Å². The number of hydrogen-bond donors (Lipinski definition) is 0. The predicted octanol–water partition coefficient (Wildman–Crippen LogP) is 8.92. The Morgan fingerprint density at radius 2 is 1.77 bits per heavy atom. The van der Waals surface area contributed by atoms with Crippen molar-refractivity contribution in [1.29, 1.82) is 5.26 Å². The fraction of sp³-hybridized carbons (Fsp3) is 0.371. The summed E-state index contributed by atoms with van der Waals surface area (Å²) >= 11 is 0. The van der Waals surface area contributed by atoms with Crippen molar-refractivity contribution in [3.8, 4) is 11.8 Å². The van der Waals surface area contributed by atoms with Gasteiger partial charge in [-0.15, -0.1) is 0 Å². The van der Waals surface area contributed by atoms with Gasteiger partial charge in [-0.25, -0.2) is 0 Å². The average Bonchev–Trinajstić information content (AvgIpc) is 2.96. The first-order chi connectivity index (χ1) is 18.8. The normalized spacial score (nSPS) is 14.7. The highest BCUT2D eigenvalue weighted by atomic mass is 16.5. The summed E-state index contributed by atoms with van der Waals surface area (Å²) < 4.78 is 11.6. The van der Waals surface area contributed by atoms with Crippen molar-refractivity contribution in [1.82, 2.24) is 0 Å². The van der Waals surface area contributed by atoms with Gasteiger partial charge in [-0.05, 0) is 91.3 Å². The molecule has 0 bridgehead atoms. The van der Waals surface area contributed by atoms with E-state index in [9.17, 15) is 10.1 Å². The van der Waals surface area contributed by atoms with Crippen LogP contribution in [-0.2, 0) is 11.2 Å². The first kappa shape index (κ1) is 31.5. The topological polar surface area (TPSA) is 59.3 Å². The molecule has 0 aromatic heterocycles. The molecule has 1 saturated heterocycles. The second kappa shape index (κ2) is 15.7. The molecular weight excluding hydrogens is 482 g/mol. The molecule has 0 amide bonds. The molecule has 0 radical (unpaired) electrons. The Hall–Kier alpha value is -3.68. The van der Waals surface area contributed by atoms with E-state index in [0.29, 0.717) is 24.5 Å². The summed E-state index contributed by atoms with van der Waals surface area (Å²) in [5.41, 5.74) is 8.48. The molecule has 1 aliphatic rings. The van der Waals surface area contributed by atoms with Crippen molar-refractivity contribution < 1.29 is 14.3 Å². The van der Waals surface area contributed by atoms with Crippen LogP contribution in [0, 0.1) is 11.3 Å². The highest BCUT2D eigenvalue weighted by Gasteiger charge is 2.18. The number of ketones is 1. The zero-order valence-corrected chi connectivity index (χ0v) is 24.7. The molecule has 1 aliphatic heterocycles. The molecule has 0 saturated carbocycles. The highest BCUT2D eigenvalue weighted by Crippen LogP contribution is 2.32. The second-order valence-corrected chi connectivity index (χ2v) is 9.43. The lowest BCUT2D eigenvalue weighted by molar-refractivity contribution is 0.0254. The molecule has 206 valence electrons. The largest absolute Gasteiger partial charge is 0.489 e. The van der Waals surface area contributed by atoms with Crippen LogP contribution in [0.15, 0.2) is 72.4 Å². The Bertz CT molecular complexity index is 1300. The van der Waals surface area contributed by atoms with E-state index in [1.165, 1.54) is 0 Å². The maximum Gasteiger partial charge on any atom is 0.159 e. The summed E-state index contributed by atoms with van der Waals surface area (Å²) in [7, 11) is 0. The smallest absolute Gasteiger partial charge is 0.159 e. The van der Waals surface area contributed by atoms with Gasteiger partial charge in [0.25, 0.3) is 0 Å². The SMILES string of the molecule is C=C(/C=C(\C)c1ccc(C(C)=O)cc1CC)/C(C)=C(\C=C/C)c1ccc(OC2CCOCC2)c(C#N)c1.CC. The van der Waals surface area contributed by atoms with Gasteiger partial charge in [0.1, 0.15) is 17.9 Å². The average molecular weight is 526 g/mol. The molecular formula is C35H43NO3. The number of rotatable bonds is 9. The van der Waals surface area contributed by atoms with Gasteiger partial charge in [-0.1, -0.05) is 63.8 Å². The van der Waals surface area contributed by atoms with Crippen LogP contribution in [0.3, 0.4) is 0 Å². The van der Waals surface area contributed by atoms with Gasteiger partial charge >= 0.3 is 0 Å². The fourth-order valence-electron chi connectivity index (χ4n) is 4.58. The Balaban J connectivity index is 0.00000260. The standard InChI is InChI=1S/C33H37NO3.C2H6/c1-7-9-32(28-11-13-33(29(20-28)21-34)37-30-14-16-36-17-15-30)24(5)22(3)18-23(4)31-12-10-27(25(6)35)19-26(31)8-2;1-2/h7,9-13,18-20,30H,3,8,14-17H2,1-2,4-6H3;1-2H3/b9-7-,23-18+,32-24+;. The van der Waals surface area contributed by atoms with Gasteiger partial charge in [0.05, 0.1) is 18.8 Å². The van der Waals surface area contributed by atoms with Crippen molar-refractivity contribution in [2.45, 2.75) is 73.8 Å². The molecule has 0 spiro atoms. The minimum atomic E-state index is 0.0722. The summed E-state index contributed by atoms with van der Waals surface area (Å²) in [6, 6.07) is 14.0. The fourth-order valence-corrected chi connectivity index (χ4v) is 4.58. The van der Waals surface area contributed by atoms with Crippen LogP contribution in [0.5, 0.6) is 5.75 Å². The van der Waals surface area contributed by atoms with Crippen LogP contribution < -0.4 is 4.74 Å². The number of benzene rings is 2. The van der Waals surface area contributed by atoms with Gasteiger partial charge in [0, 0.05) is 18.4 Å². The zero-order valence-electron chi connectivity index (χ0n) is 24.7. The second-order valence-electron chi connectivity index (χ2n) is 9.43. The lowest BCUT2D eigenvalue weighted by Gasteiger charge is -2.24. The summed E-state index contributed by atoms with van der Waals surface area (Å²) in [6.07, 6.45) is 8.72. The van der Waals surface area contributed by atoms with E-state index in [1.807, 2.05) is 63.2 Å². The van der Waals surface area contributed by atoms with E-state index in [1.54, 1.807) is 6.92 Å². The van der Waals surface area contributed by atoms with E-state index in [-0.39, 0.29) is 11.9 Å². The third-order valence-corrected chi connectivity index (χ3v) is 6.80. The van der Waals surface area contributed by atoms with Crippen molar-refractivity contribution in [2.24, 2.45) is 0 Å². The first-order valence-corrected chi connectivity index (χ1v) is 13.9. The summed E-state index contributed by atoms with van der Waals surface area (Å²) in [4.78, 5) is 11.8. The Morgan fingerprint density at radius 3 is 2.36 bits per heavy atom. The molecule has 1 fully saturated rings. The Kier molecular flexibility index (Phi) is 12.7. The summed E-state index contributed by atoms with van der Waals surface area (Å²) in [6.45, 7) is 19.5. The maximum atomic E-state index is 11.8. The molecule has 1 heterocycles. The number of aryl methyl sites for hydroxylation is 1. The molecule has 2 aromatic carbocycles. The van der Waals surface area contributed by atoms with Crippen molar-refractivity contribution in [2.75, 3.05) is 13.2 Å². The number of Topliss-reactive ketones (excluding diaryl/α,β-unsaturated/α-hetero) is 1. The molecule has 4 nitrogen and oxygen atoms in total. The number of nitrogens with zero attached hydrogens (tertiary/aromatic N) is 1. The van der Waals surface area contributed by atoms with E-state index >= 15 is 0 Å². The number of hydrogen-bond acceptors (Lipinski definition) is 4. The summed E-state index contributed by atoms with van der Waals surface area (Å²) in [5, 5.41) is 9.84. The van der Waals surface area contributed by atoms with Crippen LogP contribution in [0.1, 0.15) is 93.9 Å². The van der Waals surface area contributed by atoms with Crippen molar-refractivity contribution in [3.05, 3.63) is 100 Å². The number of allylic oxidation sites excluding steroid dienone is 7. The van der Waals surface area contributed by atoms with E-state index in [4.69, 9.17) is 9.47 Å². The van der Waals surface area contributed by atoms with Crippen LogP contribution in [0.25, 0.3) is 11.1 Å². The number of ether oxygens (including phenoxy) is 2. The third-order valence-electron chi connectivity index (χ3n) is 6.80. The predicted molar refractivity (Wildman–Crippen MR) is 163 cm³/mol. The molecule has 0 unspecified atom stereocenters. The molecule has 3 rings (SSSR count). The van der Waals surface area contributed by atoms with E-state index < -0.39 is 0 Å². The monoisotopic (exact) mass is 525 g/mol. The van der Waals surface area contributed by atoms with Gasteiger partial charge < -0.3 is 9.47 Å². The van der Waals surface area contributed by atoms with Gasteiger partial charge in [-0.2, -0.15) is 5.26 Å². The number of carbonyl (C=O) groups is 1. The minimum Gasteiger partial charge on any atom is -0.489 e. The molecule has 0 N–H and O–H groups in total. The third kappa shape index (κ3) is 8.40. The lowest BCUT2D eigenvalue weighted by atomic mass is 9.91. The molecule has 2 aromatic rings. The molecule has 39 heavy (non-hydrogen) atoms. The molecule has 4 heteroatoms. The highest BCUT2D eigenvalue weighted by molar-refractivity contribution is 5.94. The van der Waals surface area contributed by atoms with Crippen molar-refractivity contribution >= 4 is 16.9 Å². The summed E-state index contributed by atoms with van der Waals surface area (Å²) in [5.74, 6) is 0.689. The molecule has 0 aliphatic carbocycles. The van der Waals surface area contributed by atoms with Crippen LogP contribution in [0.2, 0.25) is 0 Å². The first-order valence-electron chi connectivity index (χ1n) is 13.9. The van der Waals surface area contributed by atoms with Crippen LogP contribution in [0.4, 0.5) is 0 Å². The maximum absolute atomic E-state index is 11.8. The van der Waals surface area contributed by atoms with Crippen molar-refractivity contribution in [3.63, 3.8) is 0 Å². The molecule has 0 atom stereocenters. The number of nitriles is 1.